The summed E-state index contributed by atoms with van der Waals surface area (Å²) in [4.78, 5) is 70.3. The van der Waals surface area contributed by atoms with Gasteiger partial charge in [0.1, 0.15) is 0 Å². The molecule has 6 N–H and O–H groups in total. The van der Waals surface area contributed by atoms with E-state index in [1.165, 1.54) is 14.0 Å². The minimum absolute atomic E-state index is 0. The summed E-state index contributed by atoms with van der Waals surface area (Å²) in [5.74, 6) is -4.48. The van der Waals surface area contributed by atoms with E-state index < -0.39 is 67.9 Å². The molecule has 0 spiro atoms. The Labute approximate surface area is 405 Å². The van der Waals surface area contributed by atoms with E-state index >= 15 is 0 Å². The molecule has 0 fully saturated rings. The van der Waals surface area contributed by atoms with E-state index in [1.807, 2.05) is 39.0 Å². The second-order valence-electron chi connectivity index (χ2n) is 14.9. The van der Waals surface area contributed by atoms with Gasteiger partial charge >= 0.3 is 77.8 Å². The number of esters is 1. The summed E-state index contributed by atoms with van der Waals surface area (Å²) >= 11 is 0. The zero-order valence-electron chi connectivity index (χ0n) is 34.8. The molecule has 322 valence electrons. The number of rotatable bonds is 14. The molecule has 0 saturated heterocycles. The Kier molecular flexibility index (Phi) is 18.2. The number of hydrogen-bond acceptors (Lipinski definition) is 11. The van der Waals surface area contributed by atoms with Gasteiger partial charge in [-0.3, -0.25) is 38.3 Å². The third kappa shape index (κ3) is 12.1. The van der Waals surface area contributed by atoms with Crippen molar-refractivity contribution in [1.82, 2.24) is 30.6 Å². The maximum atomic E-state index is 14.1. The fraction of sp³-hybridized carbons (Fsp3) is 0.487. The normalized spacial score (nSPS) is 17.6. The zero-order valence-corrected chi connectivity index (χ0v) is 41.1. The molecule has 0 saturated carbocycles. The monoisotopic (exact) mass is 987 g/mol. The Morgan fingerprint density at radius 1 is 0.800 bits per heavy atom. The van der Waals surface area contributed by atoms with Crippen LogP contribution in [0.4, 0.5) is 0 Å². The number of ether oxygens (including phenoxy) is 1. The molecule has 3 aromatic heterocycles. The summed E-state index contributed by atoms with van der Waals surface area (Å²) in [5, 5.41) is 5.07. The fourth-order valence-corrected chi connectivity index (χ4v) is 8.65. The number of H-pyrrole nitrogens is 2. The SMILES string of the molecule is CC[C@H]1c2cc3[nH]c(c(CC(=O)OC)c4nc(cc5[nH]c(cc(n2)[C@@H]1C)c(C(C)=O)c5C)[C@@H](C)[C@@H]4CCC(=O)NCCS(=O)(=O)O)c(C(=O)NCCS(=O)(=O)O)c3C.[K+].[Pd+2]. The van der Waals surface area contributed by atoms with Crippen molar-refractivity contribution in [3.05, 3.63) is 68.8 Å². The predicted molar refractivity (Wildman–Crippen MR) is 216 cm³/mol. The van der Waals surface area contributed by atoms with Crippen LogP contribution in [0.3, 0.4) is 0 Å². The summed E-state index contributed by atoms with van der Waals surface area (Å²) in [6.45, 7) is 10.3. The summed E-state index contributed by atoms with van der Waals surface area (Å²) in [7, 11) is -7.51. The number of carbonyl (C=O) groups excluding carboxylic acids is 4. The number of hydrogen-bond donors (Lipinski definition) is 6. The molecule has 21 heteroatoms. The first kappa shape index (κ1) is 51.7. The van der Waals surface area contributed by atoms with Crippen LogP contribution in [-0.2, 0) is 61.4 Å². The van der Waals surface area contributed by atoms with Crippen LogP contribution in [-0.4, -0.2) is 101 Å². The number of nitrogens with zero attached hydrogens (tertiary/aromatic N) is 2. The molecule has 0 aliphatic carbocycles. The number of Topliss-reactive ketones (excluding diaryl/α,β-unsaturated/α-hetero) is 1. The minimum atomic E-state index is -4.41. The Hall–Kier alpha value is -2.68. The third-order valence-corrected chi connectivity index (χ3v) is 12.5. The molecule has 60 heavy (non-hydrogen) atoms. The standard InChI is InChI=1S/C39H50N6O11S2.K.Pd/c1-8-24-19(2)27-18-32-35(23(6)46)21(4)29(43-32)16-28-20(3)25(9-10-33(47)40-11-13-57(50,51)52)37(44-28)26(15-34(48)56-7)38-36(39(49)41-12-14-58(53,54)55)22(5)30(45-38)17-31(24)42-27;;/h16-20,24-25,43,45H,8-15H2,1-7H3,(H,40,47)(H,41,49)(H,50,51,52)(H,53,54,55);;/q;+1;+2/t19-,20+,24-,25+;;/m1../s1. The number of aromatic amines is 2. The maximum absolute atomic E-state index is 14.1. The average Bonchev–Trinajstić information content (AvgIpc) is 3.81. The van der Waals surface area contributed by atoms with E-state index in [0.29, 0.717) is 56.7 Å². The number of amides is 2. The van der Waals surface area contributed by atoms with Crippen molar-refractivity contribution in [2.45, 2.75) is 90.9 Å². The van der Waals surface area contributed by atoms with Crippen LogP contribution < -0.4 is 62.0 Å². The first-order valence-corrected chi connectivity index (χ1v) is 22.2. The zero-order chi connectivity index (χ0) is 42.9. The molecule has 0 radical (unpaired) electrons. The Morgan fingerprint density at radius 3 is 1.92 bits per heavy atom. The second kappa shape index (κ2) is 21.1. The van der Waals surface area contributed by atoms with Crippen molar-refractivity contribution in [3.63, 3.8) is 0 Å². The summed E-state index contributed by atoms with van der Waals surface area (Å²) in [6, 6.07) is 5.52. The molecule has 0 unspecified atom stereocenters. The van der Waals surface area contributed by atoms with Crippen molar-refractivity contribution in [2.75, 3.05) is 31.7 Å². The Morgan fingerprint density at radius 2 is 1.33 bits per heavy atom. The van der Waals surface area contributed by atoms with E-state index in [9.17, 15) is 40.6 Å². The molecule has 4 atom stereocenters. The molecule has 17 nitrogen and oxygen atoms in total. The summed E-state index contributed by atoms with van der Waals surface area (Å²) in [5.41, 5.74) is 6.21. The van der Waals surface area contributed by atoms with Crippen molar-refractivity contribution in [2.24, 2.45) is 0 Å². The van der Waals surface area contributed by atoms with E-state index in [0.717, 1.165) is 5.69 Å². The number of ketones is 1. The van der Waals surface area contributed by atoms with Crippen molar-refractivity contribution >= 4 is 65.9 Å². The van der Waals surface area contributed by atoms with Gasteiger partial charge in [0.2, 0.25) is 5.91 Å². The van der Waals surface area contributed by atoms with Gasteiger partial charge in [0, 0.05) is 82.4 Å². The van der Waals surface area contributed by atoms with E-state index in [4.69, 9.17) is 19.3 Å². The first-order valence-electron chi connectivity index (χ1n) is 18.9. The van der Waals surface area contributed by atoms with Crippen LogP contribution in [0.25, 0.3) is 22.1 Å². The number of carbonyl (C=O) groups is 4. The van der Waals surface area contributed by atoms with E-state index in [1.54, 1.807) is 6.92 Å². The number of aryl methyl sites for hydroxylation is 2. The van der Waals surface area contributed by atoms with Gasteiger partial charge in [0.05, 0.1) is 47.3 Å². The van der Waals surface area contributed by atoms with E-state index in [2.05, 4.69) is 27.5 Å². The number of aromatic nitrogens is 4. The van der Waals surface area contributed by atoms with Gasteiger partial charge in [0.25, 0.3) is 26.1 Å². The van der Waals surface area contributed by atoms with Gasteiger partial charge in [0.15, 0.2) is 5.78 Å². The average molecular weight is 989 g/mol. The van der Waals surface area contributed by atoms with Crippen molar-refractivity contribution < 1.29 is 122 Å². The quantitative estimate of drug-likeness (QED) is 0.0579. The molecule has 0 aromatic carbocycles. The van der Waals surface area contributed by atoms with E-state index in [-0.39, 0.29) is 132 Å². The van der Waals surface area contributed by atoms with Gasteiger partial charge in [-0.1, -0.05) is 20.8 Å². The van der Waals surface area contributed by atoms with Gasteiger partial charge < -0.3 is 25.3 Å². The van der Waals surface area contributed by atoms with Gasteiger partial charge in [-0.05, 0) is 62.9 Å². The molecule has 2 amide bonds. The third-order valence-electron chi connectivity index (χ3n) is 11.1. The summed E-state index contributed by atoms with van der Waals surface area (Å²) in [6.07, 6.45) is 0.387. The van der Waals surface area contributed by atoms with Crippen molar-refractivity contribution in [3.8, 4) is 0 Å². The molecule has 5 heterocycles. The number of nitrogens with one attached hydrogen (secondary N) is 4. The molecular weight excluding hydrogens is 938 g/mol. The molecule has 3 aromatic rings. The van der Waals surface area contributed by atoms with Crippen LogP contribution in [0.2, 0.25) is 0 Å². The van der Waals surface area contributed by atoms with Gasteiger partial charge in [-0.25, -0.2) is 0 Å². The van der Waals surface area contributed by atoms with Crippen LogP contribution in [0.1, 0.15) is 131 Å². The first-order chi connectivity index (χ1) is 27.1. The smallest absolute Gasteiger partial charge is 0.469 e. The maximum Gasteiger partial charge on any atom is 2.00 e. The number of methoxy groups -OCH3 is 1. The van der Waals surface area contributed by atoms with Crippen LogP contribution >= 0.6 is 0 Å². The molecular formula is C39H50KN6O11PdS2+3. The molecule has 8 bridgehead atoms. The molecule has 2 aliphatic heterocycles. The van der Waals surface area contributed by atoms with Gasteiger partial charge in [-0.15, -0.1) is 0 Å². The van der Waals surface area contributed by atoms with Crippen LogP contribution in [0.15, 0.2) is 18.2 Å². The van der Waals surface area contributed by atoms with Crippen LogP contribution in [0, 0.1) is 13.8 Å². The second-order valence-corrected chi connectivity index (χ2v) is 18.0. The topological polar surface area (TPSA) is 268 Å². The Balaban J connectivity index is 0.00000480. The van der Waals surface area contributed by atoms with Crippen LogP contribution in [0.5, 0.6) is 0 Å². The number of fused-ring (bicyclic) bond motifs is 8. The van der Waals surface area contributed by atoms with Crippen molar-refractivity contribution in [1.29, 1.82) is 0 Å². The summed E-state index contributed by atoms with van der Waals surface area (Å²) < 4.78 is 69.2. The largest absolute Gasteiger partial charge is 2.00 e. The molecule has 5 rings (SSSR count). The fourth-order valence-electron chi connectivity index (χ4n) is 7.93. The van der Waals surface area contributed by atoms with Gasteiger partial charge in [-0.2, -0.15) is 16.8 Å². The minimum Gasteiger partial charge on any atom is -0.469 e. The Bertz CT molecular complexity index is 2560. The predicted octanol–water partition coefficient (Wildman–Crippen LogP) is 1.44. The molecule has 2 aliphatic rings.